The summed E-state index contributed by atoms with van der Waals surface area (Å²) in [4.78, 5) is 11.6. The Kier molecular flexibility index (Phi) is 4.45. The second-order valence-corrected chi connectivity index (χ2v) is 3.92. The lowest BCUT2D eigenvalue weighted by Gasteiger charge is -2.01. The molecule has 19 heavy (non-hydrogen) atoms. The Balaban J connectivity index is 1.84. The zero-order valence-corrected chi connectivity index (χ0v) is 10.3. The zero-order valence-electron chi connectivity index (χ0n) is 10.3. The highest BCUT2D eigenvalue weighted by molar-refractivity contribution is 5.89. The van der Waals surface area contributed by atoms with Crippen LogP contribution in [0.25, 0.3) is 6.08 Å². The molecule has 0 amide bonds. The number of hydrogen-bond acceptors (Lipinski definition) is 2. The molecule has 0 aliphatic heterocycles. The van der Waals surface area contributed by atoms with Gasteiger partial charge in [-0.15, -0.1) is 0 Å². The van der Waals surface area contributed by atoms with E-state index < -0.39 is 5.97 Å². The zero-order chi connectivity index (χ0) is 13.5. The fourth-order valence-corrected chi connectivity index (χ4v) is 1.54. The molecule has 0 atom stereocenters. The van der Waals surface area contributed by atoms with Crippen molar-refractivity contribution in [2.24, 2.45) is 0 Å². The lowest BCUT2D eigenvalue weighted by atomic mass is 10.2. The molecule has 0 aromatic heterocycles. The van der Waals surface area contributed by atoms with Gasteiger partial charge in [-0.05, 0) is 35.9 Å². The van der Waals surface area contributed by atoms with Gasteiger partial charge in [-0.25, -0.2) is 9.18 Å². The summed E-state index contributed by atoms with van der Waals surface area (Å²) in [6.45, 7) is 0.186. The van der Waals surface area contributed by atoms with Crippen molar-refractivity contribution in [2.45, 2.75) is 0 Å². The van der Waals surface area contributed by atoms with Crippen molar-refractivity contribution in [3.63, 3.8) is 0 Å². The summed E-state index contributed by atoms with van der Waals surface area (Å²) in [7, 11) is 0. The topological polar surface area (TPSA) is 26.3 Å². The molecule has 0 heterocycles. The molecule has 96 valence electrons. The molecule has 0 radical (unpaired) electrons. The molecule has 0 aliphatic rings. The third-order valence-corrected chi connectivity index (χ3v) is 2.50. The largest absolute Gasteiger partial charge is 0.458 e. The SMILES string of the molecule is O=C(OC/C=C\c1ccccc1)c1ccc(F)cc1. The molecule has 2 nitrogen and oxygen atoms in total. The summed E-state index contributed by atoms with van der Waals surface area (Å²) in [6, 6.07) is 15.0. The number of ether oxygens (including phenoxy) is 1. The van der Waals surface area contributed by atoms with Gasteiger partial charge < -0.3 is 4.74 Å². The standard InChI is InChI=1S/C16H13FO2/c17-15-10-8-14(9-11-15)16(18)19-12-4-7-13-5-2-1-3-6-13/h1-11H,12H2/b7-4-. The molecule has 0 N–H and O–H groups in total. The highest BCUT2D eigenvalue weighted by atomic mass is 19.1. The molecule has 0 unspecified atom stereocenters. The lowest BCUT2D eigenvalue weighted by Crippen LogP contribution is -2.04. The second kappa shape index (κ2) is 6.50. The van der Waals surface area contributed by atoms with Crippen molar-refractivity contribution in [3.8, 4) is 0 Å². The maximum atomic E-state index is 12.7. The third kappa shape index (κ3) is 4.07. The minimum atomic E-state index is -0.460. The number of carbonyl (C=O) groups is 1. The summed E-state index contributed by atoms with van der Waals surface area (Å²) < 4.78 is 17.7. The molecule has 0 saturated carbocycles. The molecular formula is C16H13FO2. The summed E-state index contributed by atoms with van der Waals surface area (Å²) >= 11 is 0. The average molecular weight is 256 g/mol. The molecule has 0 bridgehead atoms. The van der Waals surface area contributed by atoms with Crippen LogP contribution in [0.4, 0.5) is 4.39 Å². The monoisotopic (exact) mass is 256 g/mol. The van der Waals surface area contributed by atoms with Gasteiger partial charge >= 0.3 is 5.97 Å². The Hall–Kier alpha value is -2.42. The number of esters is 1. The van der Waals surface area contributed by atoms with E-state index in [1.165, 1.54) is 24.3 Å². The first kappa shape index (κ1) is 13.0. The summed E-state index contributed by atoms with van der Waals surface area (Å²) in [5.41, 5.74) is 1.38. The van der Waals surface area contributed by atoms with E-state index in [9.17, 15) is 9.18 Å². The molecule has 3 heteroatoms. The van der Waals surface area contributed by atoms with Gasteiger partial charge in [0.2, 0.25) is 0 Å². The minimum Gasteiger partial charge on any atom is -0.458 e. The first-order chi connectivity index (χ1) is 9.25. The Labute approximate surface area is 111 Å². The van der Waals surface area contributed by atoms with Gasteiger partial charge in [-0.1, -0.05) is 36.4 Å². The van der Waals surface area contributed by atoms with Crippen LogP contribution in [0, 0.1) is 5.82 Å². The summed E-state index contributed by atoms with van der Waals surface area (Å²) in [5, 5.41) is 0. The smallest absolute Gasteiger partial charge is 0.338 e. The number of carbonyl (C=O) groups excluding carboxylic acids is 1. The fraction of sp³-hybridized carbons (Fsp3) is 0.0625. The Morgan fingerprint density at radius 2 is 1.74 bits per heavy atom. The Bertz CT molecular complexity index is 559. The molecule has 2 aromatic rings. The van der Waals surface area contributed by atoms with Crippen molar-refractivity contribution in [1.82, 2.24) is 0 Å². The fourth-order valence-electron chi connectivity index (χ4n) is 1.54. The first-order valence-corrected chi connectivity index (χ1v) is 5.90. The van der Waals surface area contributed by atoms with Gasteiger partial charge in [0, 0.05) is 0 Å². The molecular weight excluding hydrogens is 243 g/mol. The van der Waals surface area contributed by atoms with Crippen molar-refractivity contribution in [1.29, 1.82) is 0 Å². The van der Waals surface area contributed by atoms with Gasteiger partial charge in [-0.3, -0.25) is 0 Å². The number of halogens is 1. The average Bonchev–Trinajstić information content (AvgIpc) is 2.45. The predicted molar refractivity (Wildman–Crippen MR) is 72.2 cm³/mol. The molecule has 0 spiro atoms. The molecule has 0 fully saturated rings. The van der Waals surface area contributed by atoms with Crippen molar-refractivity contribution >= 4 is 12.0 Å². The quantitative estimate of drug-likeness (QED) is 0.780. The van der Waals surface area contributed by atoms with Crippen LogP contribution in [-0.2, 0) is 4.74 Å². The van der Waals surface area contributed by atoms with E-state index in [2.05, 4.69) is 0 Å². The van der Waals surface area contributed by atoms with Crippen LogP contribution in [0.2, 0.25) is 0 Å². The van der Waals surface area contributed by atoms with Crippen LogP contribution >= 0.6 is 0 Å². The number of benzene rings is 2. The third-order valence-electron chi connectivity index (χ3n) is 2.50. The molecule has 2 rings (SSSR count). The highest BCUT2D eigenvalue weighted by Crippen LogP contribution is 2.05. The normalized spacial score (nSPS) is 10.6. The molecule has 0 aliphatic carbocycles. The summed E-state index contributed by atoms with van der Waals surface area (Å²) in [5.74, 6) is -0.835. The van der Waals surface area contributed by atoms with E-state index in [0.717, 1.165) is 5.56 Å². The minimum absolute atomic E-state index is 0.186. The van der Waals surface area contributed by atoms with Gasteiger partial charge in [0.15, 0.2) is 0 Å². The first-order valence-electron chi connectivity index (χ1n) is 5.90. The molecule has 0 saturated heterocycles. The van der Waals surface area contributed by atoms with Gasteiger partial charge in [0.05, 0.1) is 5.56 Å². The van der Waals surface area contributed by atoms with Crippen LogP contribution < -0.4 is 0 Å². The highest BCUT2D eigenvalue weighted by Gasteiger charge is 2.05. The van der Waals surface area contributed by atoms with Crippen LogP contribution in [0.3, 0.4) is 0 Å². The van der Waals surface area contributed by atoms with E-state index >= 15 is 0 Å². The maximum Gasteiger partial charge on any atom is 0.338 e. The van der Waals surface area contributed by atoms with E-state index in [1.54, 1.807) is 6.08 Å². The second-order valence-electron chi connectivity index (χ2n) is 3.92. The number of rotatable bonds is 4. The predicted octanol–water partition coefficient (Wildman–Crippen LogP) is 3.70. The van der Waals surface area contributed by atoms with Gasteiger partial charge in [-0.2, -0.15) is 0 Å². The van der Waals surface area contributed by atoms with Crippen LogP contribution in [0.5, 0.6) is 0 Å². The van der Waals surface area contributed by atoms with Crippen LogP contribution in [0.15, 0.2) is 60.7 Å². The van der Waals surface area contributed by atoms with Crippen molar-refractivity contribution in [3.05, 3.63) is 77.6 Å². The Morgan fingerprint density at radius 1 is 1.05 bits per heavy atom. The van der Waals surface area contributed by atoms with Gasteiger partial charge in [0.25, 0.3) is 0 Å². The van der Waals surface area contributed by atoms with Crippen LogP contribution in [-0.4, -0.2) is 12.6 Å². The van der Waals surface area contributed by atoms with E-state index in [-0.39, 0.29) is 12.4 Å². The lowest BCUT2D eigenvalue weighted by molar-refractivity contribution is 0.0550. The summed E-state index contributed by atoms with van der Waals surface area (Å²) in [6.07, 6.45) is 3.63. The maximum absolute atomic E-state index is 12.7. The van der Waals surface area contributed by atoms with Crippen LogP contribution in [0.1, 0.15) is 15.9 Å². The molecule has 2 aromatic carbocycles. The van der Waals surface area contributed by atoms with Crippen molar-refractivity contribution in [2.75, 3.05) is 6.61 Å². The van der Waals surface area contributed by atoms with E-state index in [4.69, 9.17) is 4.74 Å². The van der Waals surface area contributed by atoms with E-state index in [1.807, 2.05) is 36.4 Å². The van der Waals surface area contributed by atoms with Gasteiger partial charge in [0.1, 0.15) is 12.4 Å². The Morgan fingerprint density at radius 3 is 2.42 bits per heavy atom. The number of hydrogen-bond donors (Lipinski definition) is 0. The van der Waals surface area contributed by atoms with E-state index in [0.29, 0.717) is 5.56 Å². The van der Waals surface area contributed by atoms with Crippen molar-refractivity contribution < 1.29 is 13.9 Å².